The van der Waals surface area contributed by atoms with Crippen LogP contribution in [0, 0.1) is 0 Å². The molecule has 0 unspecified atom stereocenters. The normalized spacial score (nSPS) is 11.1. The predicted molar refractivity (Wildman–Crippen MR) is 247 cm³/mol. The maximum absolute atomic E-state index is 2.32. The fourth-order valence-corrected chi connectivity index (χ4v) is 8.11. The summed E-state index contributed by atoms with van der Waals surface area (Å²) >= 11 is 0. The van der Waals surface area contributed by atoms with Gasteiger partial charge in [0, 0.05) is 34.1 Å². The Hall–Kier alpha value is -7.68. The van der Waals surface area contributed by atoms with Crippen molar-refractivity contribution in [3.05, 3.63) is 243 Å². The van der Waals surface area contributed by atoms with Crippen LogP contribution in [0.4, 0.5) is 34.1 Å². The third kappa shape index (κ3) is 6.89. The second-order valence-corrected chi connectivity index (χ2v) is 14.6. The molecule has 0 aliphatic carbocycles. The highest BCUT2D eigenvalue weighted by atomic mass is 15.2. The van der Waals surface area contributed by atoms with Gasteiger partial charge in [-0.25, -0.2) is 0 Å². The summed E-state index contributed by atoms with van der Waals surface area (Å²) < 4.78 is 0. The number of fused-ring (bicyclic) bond motifs is 2. The van der Waals surface area contributed by atoms with Crippen LogP contribution in [0.3, 0.4) is 0 Å². The zero-order chi connectivity index (χ0) is 38.7. The summed E-state index contributed by atoms with van der Waals surface area (Å²) in [4.78, 5) is 4.64. The lowest BCUT2D eigenvalue weighted by molar-refractivity contribution is 1.26. The van der Waals surface area contributed by atoms with Crippen LogP contribution >= 0.6 is 0 Å². The quantitative estimate of drug-likeness (QED) is 0.145. The SMILES string of the molecule is c1ccc(-c2ccc(N(c3ccccc3)c3ccc(N(c4ccccc4)c4ccc(-c5ccc6cc(-c7cccc8ccccc78)ccc6c5)cc4)cc3)cc2)cc1. The van der Waals surface area contributed by atoms with Gasteiger partial charge in [0.15, 0.2) is 0 Å². The van der Waals surface area contributed by atoms with Gasteiger partial charge in [0.05, 0.1) is 0 Å². The van der Waals surface area contributed by atoms with E-state index < -0.39 is 0 Å². The minimum Gasteiger partial charge on any atom is -0.311 e. The fourth-order valence-electron chi connectivity index (χ4n) is 8.11. The van der Waals surface area contributed by atoms with Crippen molar-refractivity contribution in [2.75, 3.05) is 9.80 Å². The van der Waals surface area contributed by atoms with Gasteiger partial charge in [-0.2, -0.15) is 0 Å². The summed E-state index contributed by atoms with van der Waals surface area (Å²) in [6.45, 7) is 0. The second-order valence-electron chi connectivity index (χ2n) is 14.6. The van der Waals surface area contributed by atoms with Gasteiger partial charge in [0.2, 0.25) is 0 Å². The standard InChI is InChI=1S/C56H40N2/c1-4-13-41(14-5-1)42-27-31-51(32-28-42)57(49-17-6-2-7-18-49)53-35-37-54(38-36-53)58(50-19-8-3-9-20-50)52-33-29-43(30-34-52)45-23-24-47-40-48(26-25-46(47)39-45)56-22-12-16-44-15-10-11-21-55(44)56/h1-40H. The van der Waals surface area contributed by atoms with E-state index in [2.05, 4.69) is 252 Å². The van der Waals surface area contributed by atoms with E-state index in [0.717, 1.165) is 34.1 Å². The molecule has 0 bridgehead atoms. The minimum absolute atomic E-state index is 1.09. The van der Waals surface area contributed by atoms with Crippen molar-refractivity contribution in [2.24, 2.45) is 0 Å². The van der Waals surface area contributed by atoms with Gasteiger partial charge in [0.25, 0.3) is 0 Å². The van der Waals surface area contributed by atoms with Crippen LogP contribution in [0.25, 0.3) is 54.9 Å². The molecular weight excluding hydrogens is 701 g/mol. The Kier molecular flexibility index (Phi) is 9.27. The van der Waals surface area contributed by atoms with Crippen molar-refractivity contribution in [3.8, 4) is 33.4 Å². The number of hydrogen-bond donors (Lipinski definition) is 0. The first kappa shape index (κ1) is 34.8. The molecule has 2 nitrogen and oxygen atoms in total. The average Bonchev–Trinajstić information content (AvgIpc) is 3.31. The molecule has 0 amide bonds. The lowest BCUT2D eigenvalue weighted by Gasteiger charge is -2.28. The van der Waals surface area contributed by atoms with E-state index in [1.54, 1.807) is 0 Å². The molecule has 2 heteroatoms. The van der Waals surface area contributed by atoms with Crippen molar-refractivity contribution in [1.29, 1.82) is 0 Å². The van der Waals surface area contributed by atoms with E-state index in [-0.39, 0.29) is 0 Å². The van der Waals surface area contributed by atoms with Crippen molar-refractivity contribution < 1.29 is 0 Å². The lowest BCUT2D eigenvalue weighted by atomic mass is 9.95. The van der Waals surface area contributed by atoms with E-state index in [1.807, 2.05) is 0 Å². The number of benzene rings is 10. The van der Waals surface area contributed by atoms with Gasteiger partial charge >= 0.3 is 0 Å². The number of nitrogens with zero attached hydrogens (tertiary/aromatic N) is 2. The predicted octanol–water partition coefficient (Wildman–Crippen LogP) is 15.9. The molecular formula is C56H40N2. The van der Waals surface area contributed by atoms with Gasteiger partial charge in [-0.3, -0.25) is 0 Å². The third-order valence-corrected chi connectivity index (χ3v) is 11.0. The van der Waals surface area contributed by atoms with Crippen molar-refractivity contribution in [1.82, 2.24) is 0 Å². The Balaban J connectivity index is 0.951. The fraction of sp³-hybridized carbons (Fsp3) is 0. The van der Waals surface area contributed by atoms with Gasteiger partial charge in [-0.1, -0.05) is 158 Å². The number of rotatable bonds is 9. The highest BCUT2D eigenvalue weighted by Crippen LogP contribution is 2.40. The maximum Gasteiger partial charge on any atom is 0.0463 e. The van der Waals surface area contributed by atoms with Crippen molar-refractivity contribution in [3.63, 3.8) is 0 Å². The molecule has 0 N–H and O–H groups in total. The van der Waals surface area contributed by atoms with Crippen LogP contribution in [0.2, 0.25) is 0 Å². The molecule has 0 aliphatic heterocycles. The largest absolute Gasteiger partial charge is 0.311 e. The molecule has 0 spiro atoms. The molecule has 0 aromatic heterocycles. The Morgan fingerprint density at radius 1 is 0.207 bits per heavy atom. The van der Waals surface area contributed by atoms with E-state index in [1.165, 1.54) is 54.9 Å². The Labute approximate surface area is 340 Å². The molecule has 0 heterocycles. The topological polar surface area (TPSA) is 6.48 Å². The zero-order valence-corrected chi connectivity index (χ0v) is 32.0. The summed E-state index contributed by atoms with van der Waals surface area (Å²) in [6.07, 6.45) is 0. The molecule has 58 heavy (non-hydrogen) atoms. The minimum atomic E-state index is 1.09. The van der Waals surface area contributed by atoms with E-state index in [4.69, 9.17) is 0 Å². The molecule has 10 aromatic rings. The zero-order valence-electron chi connectivity index (χ0n) is 32.0. The molecule has 10 rings (SSSR count). The summed E-state index contributed by atoms with van der Waals surface area (Å²) in [7, 11) is 0. The van der Waals surface area contributed by atoms with Gasteiger partial charge < -0.3 is 9.80 Å². The summed E-state index contributed by atoms with van der Waals surface area (Å²) in [5.41, 5.74) is 13.9. The van der Waals surface area contributed by atoms with Gasteiger partial charge in [0.1, 0.15) is 0 Å². The highest BCUT2D eigenvalue weighted by Gasteiger charge is 2.16. The van der Waals surface area contributed by atoms with Crippen molar-refractivity contribution in [2.45, 2.75) is 0 Å². The van der Waals surface area contributed by atoms with Crippen molar-refractivity contribution >= 4 is 55.7 Å². The monoisotopic (exact) mass is 740 g/mol. The van der Waals surface area contributed by atoms with Crippen LogP contribution in [-0.2, 0) is 0 Å². The first-order valence-corrected chi connectivity index (χ1v) is 19.8. The number of anilines is 6. The molecule has 0 atom stereocenters. The van der Waals surface area contributed by atoms with Crippen LogP contribution < -0.4 is 9.80 Å². The van der Waals surface area contributed by atoms with E-state index >= 15 is 0 Å². The first-order valence-electron chi connectivity index (χ1n) is 19.8. The molecule has 274 valence electrons. The molecule has 0 saturated heterocycles. The average molecular weight is 741 g/mol. The molecule has 0 radical (unpaired) electrons. The van der Waals surface area contributed by atoms with Crippen LogP contribution in [0.5, 0.6) is 0 Å². The molecule has 0 saturated carbocycles. The Bertz CT molecular complexity index is 2950. The molecule has 10 aromatic carbocycles. The Morgan fingerprint density at radius 2 is 0.569 bits per heavy atom. The smallest absolute Gasteiger partial charge is 0.0463 e. The lowest BCUT2D eigenvalue weighted by Crippen LogP contribution is -2.12. The Morgan fingerprint density at radius 3 is 1.12 bits per heavy atom. The molecule has 0 fully saturated rings. The van der Waals surface area contributed by atoms with Crippen LogP contribution in [-0.4, -0.2) is 0 Å². The number of hydrogen-bond acceptors (Lipinski definition) is 2. The van der Waals surface area contributed by atoms with Gasteiger partial charge in [-0.15, -0.1) is 0 Å². The molecule has 0 aliphatic rings. The summed E-state index contributed by atoms with van der Waals surface area (Å²) in [5, 5.41) is 5.01. The maximum atomic E-state index is 2.32. The first-order chi connectivity index (χ1) is 28.7. The van der Waals surface area contributed by atoms with E-state index in [9.17, 15) is 0 Å². The third-order valence-electron chi connectivity index (χ3n) is 11.0. The second kappa shape index (κ2) is 15.5. The van der Waals surface area contributed by atoms with Crippen LogP contribution in [0.1, 0.15) is 0 Å². The summed E-state index contributed by atoms with van der Waals surface area (Å²) in [5.74, 6) is 0. The van der Waals surface area contributed by atoms with Gasteiger partial charge in [-0.05, 0) is 140 Å². The van der Waals surface area contributed by atoms with E-state index in [0.29, 0.717) is 0 Å². The highest BCUT2D eigenvalue weighted by molar-refractivity contribution is 5.99. The van der Waals surface area contributed by atoms with Crippen LogP contribution in [0.15, 0.2) is 243 Å². The summed E-state index contributed by atoms with van der Waals surface area (Å²) in [6, 6.07) is 87.1. The number of para-hydroxylation sites is 2.